The fourth-order valence-electron chi connectivity index (χ4n) is 3.54. The molecule has 0 aliphatic carbocycles. The van der Waals surface area contributed by atoms with E-state index in [9.17, 15) is 9.59 Å². The highest BCUT2D eigenvalue weighted by Gasteiger charge is 2.28. The summed E-state index contributed by atoms with van der Waals surface area (Å²) in [5, 5.41) is 3.19. The van der Waals surface area contributed by atoms with Crippen molar-refractivity contribution in [3.05, 3.63) is 87.9 Å². The number of amides is 1. The third-order valence-corrected chi connectivity index (χ3v) is 5.43. The van der Waals surface area contributed by atoms with Gasteiger partial charge in [0, 0.05) is 24.1 Å². The molecular weight excluding hydrogens is 418 g/mol. The molecule has 31 heavy (non-hydrogen) atoms. The van der Waals surface area contributed by atoms with E-state index in [1.54, 1.807) is 30.3 Å². The summed E-state index contributed by atoms with van der Waals surface area (Å²) in [4.78, 5) is 25.4. The van der Waals surface area contributed by atoms with Gasteiger partial charge in [-0.05, 0) is 29.3 Å². The lowest BCUT2D eigenvalue weighted by Crippen LogP contribution is -2.23. The van der Waals surface area contributed by atoms with E-state index in [2.05, 4.69) is 5.32 Å². The van der Waals surface area contributed by atoms with Crippen LogP contribution in [-0.4, -0.2) is 26.1 Å². The summed E-state index contributed by atoms with van der Waals surface area (Å²) < 4.78 is 16.1. The van der Waals surface area contributed by atoms with Crippen LogP contribution < -0.4 is 14.8 Å². The van der Waals surface area contributed by atoms with E-state index >= 15 is 0 Å². The predicted molar refractivity (Wildman–Crippen MR) is 117 cm³/mol. The van der Waals surface area contributed by atoms with Crippen LogP contribution in [0.3, 0.4) is 0 Å². The molecule has 3 aromatic carbocycles. The minimum absolute atomic E-state index is 0.347. The topological polar surface area (TPSA) is 73.9 Å². The zero-order chi connectivity index (χ0) is 22.0. The van der Waals surface area contributed by atoms with E-state index in [0.717, 1.165) is 11.1 Å². The third-order valence-electron chi connectivity index (χ3n) is 5.14. The smallest absolute Gasteiger partial charge is 0.339 e. The summed E-state index contributed by atoms with van der Waals surface area (Å²) in [5.74, 6) is 0.0772. The maximum absolute atomic E-state index is 12.9. The number of fused-ring (bicyclic) bond motifs is 1. The van der Waals surface area contributed by atoms with Gasteiger partial charge in [0.2, 0.25) is 0 Å². The molecule has 0 radical (unpaired) electrons. The first-order valence-electron chi connectivity index (χ1n) is 9.62. The molecule has 4 rings (SSSR count). The lowest BCUT2D eigenvalue weighted by Gasteiger charge is -2.25. The minimum atomic E-state index is -0.397. The molecule has 0 bridgehead atoms. The molecule has 1 aliphatic rings. The predicted octanol–water partition coefficient (Wildman–Crippen LogP) is 5.06. The van der Waals surface area contributed by atoms with E-state index in [1.165, 1.54) is 14.2 Å². The van der Waals surface area contributed by atoms with Gasteiger partial charge in [0.25, 0.3) is 5.91 Å². The summed E-state index contributed by atoms with van der Waals surface area (Å²) in [6, 6.07) is 17.6. The molecule has 1 atom stereocenters. The van der Waals surface area contributed by atoms with Gasteiger partial charge < -0.3 is 19.5 Å². The van der Waals surface area contributed by atoms with Crippen LogP contribution in [0.2, 0.25) is 5.02 Å². The van der Waals surface area contributed by atoms with Crippen molar-refractivity contribution >= 4 is 29.2 Å². The van der Waals surface area contributed by atoms with Crippen LogP contribution in [0.1, 0.15) is 37.9 Å². The third kappa shape index (κ3) is 4.20. The number of halogens is 1. The van der Waals surface area contributed by atoms with Crippen LogP contribution in [0, 0.1) is 0 Å². The lowest BCUT2D eigenvalue weighted by molar-refractivity contribution is 0.0252. The van der Waals surface area contributed by atoms with Crippen LogP contribution >= 0.6 is 11.6 Å². The Morgan fingerprint density at radius 2 is 1.77 bits per heavy atom. The van der Waals surface area contributed by atoms with Crippen molar-refractivity contribution in [3.63, 3.8) is 0 Å². The van der Waals surface area contributed by atoms with Crippen LogP contribution in [-0.2, 0) is 11.2 Å². The Hall–Kier alpha value is -3.51. The highest BCUT2D eigenvalue weighted by molar-refractivity contribution is 6.32. The lowest BCUT2D eigenvalue weighted by atomic mass is 9.93. The number of esters is 1. The molecule has 0 saturated heterocycles. The molecule has 1 N–H and O–H groups in total. The van der Waals surface area contributed by atoms with Crippen LogP contribution in [0.15, 0.2) is 60.7 Å². The number of hydrogen-bond acceptors (Lipinski definition) is 5. The second-order valence-corrected chi connectivity index (χ2v) is 7.43. The zero-order valence-corrected chi connectivity index (χ0v) is 17.7. The van der Waals surface area contributed by atoms with Gasteiger partial charge in [0.1, 0.15) is 17.6 Å². The molecule has 0 saturated carbocycles. The van der Waals surface area contributed by atoms with E-state index in [4.69, 9.17) is 25.8 Å². The van der Waals surface area contributed by atoms with E-state index in [0.29, 0.717) is 39.8 Å². The normalized spacial score (nSPS) is 14.9. The summed E-state index contributed by atoms with van der Waals surface area (Å²) in [5.41, 5.74) is 2.98. The fourth-order valence-corrected chi connectivity index (χ4v) is 3.77. The molecule has 1 aliphatic heterocycles. The zero-order valence-electron chi connectivity index (χ0n) is 17.0. The fraction of sp³-hybridized carbons (Fsp3) is 0.167. The van der Waals surface area contributed by atoms with Gasteiger partial charge in [-0.15, -0.1) is 0 Å². The van der Waals surface area contributed by atoms with Gasteiger partial charge in [0.05, 0.1) is 30.5 Å². The Morgan fingerprint density at radius 3 is 2.48 bits per heavy atom. The maximum atomic E-state index is 12.9. The monoisotopic (exact) mass is 437 g/mol. The molecule has 0 spiro atoms. The highest BCUT2D eigenvalue weighted by Crippen LogP contribution is 2.36. The Labute approximate surface area is 184 Å². The van der Waals surface area contributed by atoms with Crippen molar-refractivity contribution in [1.82, 2.24) is 0 Å². The first-order chi connectivity index (χ1) is 15.0. The summed E-state index contributed by atoms with van der Waals surface area (Å²) in [6.07, 6.45) is 0.102. The molecule has 1 unspecified atom stereocenters. The first kappa shape index (κ1) is 20.8. The number of rotatable bonds is 5. The van der Waals surface area contributed by atoms with Crippen molar-refractivity contribution in [1.29, 1.82) is 0 Å². The molecule has 158 valence electrons. The molecule has 7 heteroatoms. The van der Waals surface area contributed by atoms with Crippen molar-refractivity contribution in [2.24, 2.45) is 0 Å². The number of nitrogens with one attached hydrogen (secondary N) is 1. The maximum Gasteiger partial charge on any atom is 0.339 e. The number of carbonyl (C=O) groups is 2. The number of hydrogen-bond donors (Lipinski definition) is 1. The Balaban J connectivity index is 1.61. The Morgan fingerprint density at radius 1 is 1.03 bits per heavy atom. The van der Waals surface area contributed by atoms with Crippen molar-refractivity contribution in [3.8, 4) is 11.5 Å². The molecule has 0 fully saturated rings. The molecule has 3 aromatic rings. The number of anilines is 1. The molecular formula is C24H20ClNO5. The second kappa shape index (κ2) is 8.70. The van der Waals surface area contributed by atoms with Crippen molar-refractivity contribution < 1.29 is 23.8 Å². The Kier molecular flexibility index (Phi) is 5.82. The van der Waals surface area contributed by atoms with Crippen LogP contribution in [0.5, 0.6) is 11.5 Å². The molecule has 6 nitrogen and oxygen atoms in total. The van der Waals surface area contributed by atoms with Gasteiger partial charge in [-0.2, -0.15) is 0 Å². The second-order valence-electron chi connectivity index (χ2n) is 7.02. The molecule has 1 heterocycles. The largest absolute Gasteiger partial charge is 0.495 e. The molecule has 1 amide bonds. The number of cyclic esters (lactones) is 1. The average Bonchev–Trinajstić information content (AvgIpc) is 2.80. The van der Waals surface area contributed by atoms with Gasteiger partial charge in [-0.1, -0.05) is 41.9 Å². The van der Waals surface area contributed by atoms with E-state index < -0.39 is 5.97 Å². The van der Waals surface area contributed by atoms with Crippen molar-refractivity contribution in [2.75, 3.05) is 19.5 Å². The van der Waals surface area contributed by atoms with Crippen LogP contribution in [0.4, 0.5) is 5.69 Å². The average molecular weight is 438 g/mol. The van der Waals surface area contributed by atoms with Gasteiger partial charge in [0.15, 0.2) is 0 Å². The standard InChI is InChI=1S/C24H20ClNO5/c1-29-21-13-19(22(30-2)12-18(21)25)26-23(27)15-8-9-17-16(10-15)11-20(31-24(17)28)14-6-4-3-5-7-14/h3-10,12-13,20H,11H2,1-2H3,(H,26,27). The first-order valence-corrected chi connectivity index (χ1v) is 9.99. The van der Waals surface area contributed by atoms with Crippen LogP contribution in [0.25, 0.3) is 0 Å². The number of carbonyl (C=O) groups excluding carboxylic acids is 2. The summed E-state index contributed by atoms with van der Waals surface area (Å²) in [6.45, 7) is 0. The number of benzene rings is 3. The summed E-state index contributed by atoms with van der Waals surface area (Å²) in [7, 11) is 2.98. The quantitative estimate of drug-likeness (QED) is 0.564. The van der Waals surface area contributed by atoms with Crippen molar-refractivity contribution in [2.45, 2.75) is 12.5 Å². The van der Waals surface area contributed by atoms with Gasteiger partial charge in [-0.3, -0.25) is 4.79 Å². The minimum Gasteiger partial charge on any atom is -0.495 e. The Bertz CT molecular complexity index is 1150. The highest BCUT2D eigenvalue weighted by atomic mass is 35.5. The van der Waals surface area contributed by atoms with E-state index in [-0.39, 0.29) is 12.0 Å². The van der Waals surface area contributed by atoms with Gasteiger partial charge >= 0.3 is 5.97 Å². The molecule has 0 aromatic heterocycles. The number of methoxy groups -OCH3 is 2. The van der Waals surface area contributed by atoms with Gasteiger partial charge in [-0.25, -0.2) is 4.79 Å². The number of ether oxygens (including phenoxy) is 3. The SMILES string of the molecule is COc1cc(NC(=O)c2ccc3c(c2)CC(c2ccccc2)OC3=O)c(OC)cc1Cl. The summed E-state index contributed by atoms with van der Waals surface area (Å²) >= 11 is 6.13. The van der Waals surface area contributed by atoms with E-state index in [1.807, 2.05) is 30.3 Å².